The molecule has 1 fully saturated rings. The number of methoxy groups -OCH3 is 2. The molecule has 2 atom stereocenters. The summed E-state index contributed by atoms with van der Waals surface area (Å²) in [5.74, 6) is -0.968. The maximum absolute atomic E-state index is 13.2. The number of nitrogens with one attached hydrogen (secondary N) is 1. The average Bonchev–Trinajstić information content (AvgIpc) is 2.76. The van der Waals surface area contributed by atoms with Gasteiger partial charge < -0.3 is 19.5 Å². The fourth-order valence-corrected chi connectivity index (χ4v) is 3.56. The van der Waals surface area contributed by atoms with Gasteiger partial charge in [0.1, 0.15) is 17.2 Å². The zero-order valence-corrected chi connectivity index (χ0v) is 18.9. The minimum Gasteiger partial charge on any atom is -0.481 e. The molecule has 1 saturated heterocycles. The number of rotatable bonds is 4. The normalized spacial score (nSPS) is 18.7. The van der Waals surface area contributed by atoms with E-state index in [1.165, 1.54) is 19.1 Å². The van der Waals surface area contributed by atoms with Crippen LogP contribution < -0.4 is 10.1 Å². The van der Waals surface area contributed by atoms with Crippen LogP contribution in [0.5, 0.6) is 5.88 Å². The van der Waals surface area contributed by atoms with Crippen LogP contribution in [0.25, 0.3) is 11.0 Å². The summed E-state index contributed by atoms with van der Waals surface area (Å²) >= 11 is 0. The van der Waals surface area contributed by atoms with Gasteiger partial charge in [0, 0.05) is 18.8 Å². The number of amides is 2. The van der Waals surface area contributed by atoms with Crippen LogP contribution in [0, 0.1) is 5.92 Å². The molecule has 0 bridgehead atoms. The highest BCUT2D eigenvalue weighted by Crippen LogP contribution is 2.28. The monoisotopic (exact) mass is 444 g/mol. The molecule has 0 saturated carbocycles. The number of likely N-dealkylation sites (tertiary alicyclic amines) is 1. The number of hydrogen-bond donors (Lipinski definition) is 1. The summed E-state index contributed by atoms with van der Waals surface area (Å²) in [6, 6.07) is 4.23. The van der Waals surface area contributed by atoms with Gasteiger partial charge in [-0.15, -0.1) is 0 Å². The van der Waals surface area contributed by atoms with Crippen LogP contribution in [0.1, 0.15) is 33.6 Å². The smallest absolute Gasteiger partial charge is 0.410 e. The summed E-state index contributed by atoms with van der Waals surface area (Å²) in [4.78, 5) is 48.1. The highest BCUT2D eigenvalue weighted by atomic mass is 16.6. The second-order valence-corrected chi connectivity index (χ2v) is 8.52. The first kappa shape index (κ1) is 23.2. The highest BCUT2D eigenvalue weighted by molar-refractivity contribution is 6.02. The molecular weight excluding hydrogens is 416 g/mol. The molecule has 2 aromatic rings. The van der Waals surface area contributed by atoms with Crippen molar-refractivity contribution < 1.29 is 28.6 Å². The van der Waals surface area contributed by atoms with E-state index in [-0.39, 0.29) is 13.0 Å². The van der Waals surface area contributed by atoms with E-state index in [1.807, 2.05) is 0 Å². The van der Waals surface area contributed by atoms with Crippen LogP contribution in [0.2, 0.25) is 0 Å². The number of pyridine rings is 2. The van der Waals surface area contributed by atoms with Crippen molar-refractivity contribution in [3.8, 4) is 5.88 Å². The number of carbonyl (C=O) groups is 3. The zero-order valence-electron chi connectivity index (χ0n) is 18.9. The van der Waals surface area contributed by atoms with E-state index >= 15 is 0 Å². The van der Waals surface area contributed by atoms with Gasteiger partial charge >= 0.3 is 12.1 Å². The molecule has 32 heavy (non-hydrogen) atoms. The molecule has 10 nitrogen and oxygen atoms in total. The van der Waals surface area contributed by atoms with Crippen LogP contribution >= 0.6 is 0 Å². The zero-order chi connectivity index (χ0) is 23.5. The molecule has 1 N–H and O–H groups in total. The first-order valence-electron chi connectivity index (χ1n) is 10.3. The molecule has 10 heteroatoms. The lowest BCUT2D eigenvalue weighted by atomic mass is 9.92. The number of ether oxygens (including phenoxy) is 3. The van der Waals surface area contributed by atoms with Crippen molar-refractivity contribution in [2.75, 3.05) is 26.1 Å². The second kappa shape index (κ2) is 9.37. The van der Waals surface area contributed by atoms with E-state index in [4.69, 9.17) is 14.2 Å². The van der Waals surface area contributed by atoms with Crippen molar-refractivity contribution in [2.45, 2.75) is 45.3 Å². The Balaban J connectivity index is 1.87. The minimum atomic E-state index is -0.820. The lowest BCUT2D eigenvalue weighted by molar-refractivity contribution is -0.148. The van der Waals surface area contributed by atoms with Crippen molar-refractivity contribution in [2.24, 2.45) is 5.92 Å². The van der Waals surface area contributed by atoms with Crippen molar-refractivity contribution in [3.05, 3.63) is 24.4 Å². The van der Waals surface area contributed by atoms with Gasteiger partial charge in [0.2, 0.25) is 11.8 Å². The Bertz CT molecular complexity index is 1020. The number of aromatic nitrogens is 2. The Morgan fingerprint density at radius 2 is 1.88 bits per heavy atom. The summed E-state index contributed by atoms with van der Waals surface area (Å²) in [6.45, 7) is 5.25. The van der Waals surface area contributed by atoms with Gasteiger partial charge in [-0.05, 0) is 45.7 Å². The van der Waals surface area contributed by atoms with Gasteiger partial charge in [0.15, 0.2) is 0 Å². The van der Waals surface area contributed by atoms with Gasteiger partial charge in [0.25, 0.3) is 0 Å². The average molecular weight is 444 g/mol. The summed E-state index contributed by atoms with van der Waals surface area (Å²) < 4.78 is 15.5. The van der Waals surface area contributed by atoms with E-state index in [9.17, 15) is 14.4 Å². The number of carbonyl (C=O) groups excluding carboxylic acids is 3. The van der Waals surface area contributed by atoms with Crippen LogP contribution in [0.15, 0.2) is 24.4 Å². The predicted molar refractivity (Wildman–Crippen MR) is 116 cm³/mol. The summed E-state index contributed by atoms with van der Waals surface area (Å²) in [6.07, 6.45) is 1.59. The van der Waals surface area contributed by atoms with Crippen LogP contribution in [0.3, 0.4) is 0 Å². The molecule has 3 rings (SSSR count). The van der Waals surface area contributed by atoms with E-state index in [0.717, 1.165) is 0 Å². The summed E-state index contributed by atoms with van der Waals surface area (Å²) in [5.41, 5.74) is 0.741. The largest absolute Gasteiger partial charge is 0.481 e. The van der Waals surface area contributed by atoms with Gasteiger partial charge in [-0.25, -0.2) is 9.78 Å². The Kier molecular flexibility index (Phi) is 6.81. The van der Waals surface area contributed by atoms with Gasteiger partial charge in [-0.1, -0.05) is 0 Å². The standard InChI is InChI=1S/C22H28N4O6/c1-22(2,3)32-21(29)26-12-13(20(28)31-5)6-8-16(26)19(27)24-15-10-11-23-14-7-9-17(30-4)25-18(14)15/h7,9-11,13,16H,6,8,12H2,1-5H3,(H,23,24,27)/t13-,16+/m0/s1. The molecular formula is C22H28N4O6. The molecule has 0 radical (unpaired) electrons. The Morgan fingerprint density at radius 3 is 2.53 bits per heavy atom. The molecule has 3 heterocycles. The van der Waals surface area contributed by atoms with Crippen LogP contribution in [-0.4, -0.2) is 65.2 Å². The minimum absolute atomic E-state index is 0.0306. The molecule has 0 aromatic carbocycles. The molecule has 0 spiro atoms. The van der Waals surface area contributed by atoms with Crippen LogP contribution in [0.4, 0.5) is 10.5 Å². The van der Waals surface area contributed by atoms with E-state index in [0.29, 0.717) is 29.0 Å². The van der Waals surface area contributed by atoms with Crippen molar-refractivity contribution in [1.82, 2.24) is 14.9 Å². The molecule has 0 unspecified atom stereocenters. The predicted octanol–water partition coefficient (Wildman–Crippen LogP) is 2.77. The first-order chi connectivity index (χ1) is 15.1. The first-order valence-corrected chi connectivity index (χ1v) is 10.3. The summed E-state index contributed by atoms with van der Waals surface area (Å²) in [7, 11) is 2.80. The number of esters is 1. The third-order valence-electron chi connectivity index (χ3n) is 5.07. The van der Waals surface area contributed by atoms with Gasteiger partial charge in [0.05, 0.1) is 31.3 Å². The SMILES string of the molecule is COC(=O)[C@H]1CC[C@H](C(=O)Nc2ccnc3ccc(OC)nc23)N(C(=O)OC(C)(C)C)C1. The molecule has 1 aliphatic rings. The summed E-state index contributed by atoms with van der Waals surface area (Å²) in [5, 5.41) is 2.85. The molecule has 172 valence electrons. The Hall–Kier alpha value is -3.43. The maximum atomic E-state index is 13.2. The lowest BCUT2D eigenvalue weighted by Crippen LogP contribution is -2.54. The maximum Gasteiger partial charge on any atom is 0.410 e. The quantitative estimate of drug-likeness (QED) is 0.715. The third kappa shape index (κ3) is 5.24. The number of hydrogen-bond acceptors (Lipinski definition) is 8. The van der Waals surface area contributed by atoms with E-state index in [2.05, 4.69) is 15.3 Å². The highest BCUT2D eigenvalue weighted by Gasteiger charge is 2.40. The molecule has 2 aromatic heterocycles. The fourth-order valence-electron chi connectivity index (χ4n) is 3.56. The fraction of sp³-hybridized carbons (Fsp3) is 0.500. The van der Waals surface area contributed by atoms with Crippen molar-refractivity contribution >= 4 is 34.7 Å². The second-order valence-electron chi connectivity index (χ2n) is 8.52. The number of nitrogens with zero attached hydrogens (tertiary/aromatic N) is 3. The lowest BCUT2D eigenvalue weighted by Gasteiger charge is -2.38. The van der Waals surface area contributed by atoms with Crippen molar-refractivity contribution in [3.63, 3.8) is 0 Å². The molecule has 0 aliphatic carbocycles. The number of anilines is 1. The Labute approximate surface area is 186 Å². The van der Waals surface area contributed by atoms with E-state index < -0.39 is 35.5 Å². The van der Waals surface area contributed by atoms with Gasteiger partial charge in [-0.3, -0.25) is 19.5 Å². The molecule has 1 aliphatic heterocycles. The van der Waals surface area contributed by atoms with E-state index in [1.54, 1.807) is 45.2 Å². The van der Waals surface area contributed by atoms with Crippen LogP contribution in [-0.2, 0) is 19.1 Å². The topological polar surface area (TPSA) is 120 Å². The number of fused-ring (bicyclic) bond motifs is 1. The van der Waals surface area contributed by atoms with Crippen molar-refractivity contribution in [1.29, 1.82) is 0 Å². The van der Waals surface area contributed by atoms with Gasteiger partial charge in [-0.2, -0.15) is 0 Å². The third-order valence-corrected chi connectivity index (χ3v) is 5.07. The Morgan fingerprint density at radius 1 is 1.12 bits per heavy atom. The molecule has 2 amide bonds. The number of piperidine rings is 1.